The second-order valence-electron chi connectivity index (χ2n) is 4.24. The molecule has 1 heterocycles. The van der Waals surface area contributed by atoms with Gasteiger partial charge in [-0.25, -0.2) is 4.98 Å². The summed E-state index contributed by atoms with van der Waals surface area (Å²) in [6.07, 6.45) is 3.88. The van der Waals surface area contributed by atoms with E-state index in [-0.39, 0.29) is 0 Å². The Balaban J connectivity index is 1.79. The maximum atomic E-state index is 4.43. The van der Waals surface area contributed by atoms with Crippen LogP contribution in [0.25, 0.3) is 0 Å². The van der Waals surface area contributed by atoms with E-state index in [2.05, 4.69) is 45.9 Å². The van der Waals surface area contributed by atoms with Crippen molar-refractivity contribution in [2.75, 3.05) is 0 Å². The van der Waals surface area contributed by atoms with Crippen molar-refractivity contribution in [1.82, 2.24) is 9.55 Å². The molecule has 0 N–H and O–H groups in total. The van der Waals surface area contributed by atoms with E-state index in [1.165, 1.54) is 10.5 Å². The Bertz CT molecular complexity index is 576. The highest BCUT2D eigenvalue weighted by Crippen LogP contribution is 2.26. The van der Waals surface area contributed by atoms with Gasteiger partial charge < -0.3 is 4.57 Å². The Hall–Kier alpha value is -2.00. The average Bonchev–Trinajstić information content (AvgIpc) is 2.88. The lowest BCUT2D eigenvalue weighted by Gasteiger charge is -2.07. The number of imidazole rings is 1. The van der Waals surface area contributed by atoms with Crippen molar-refractivity contribution >= 4 is 11.8 Å². The molecular weight excluding hydrogens is 252 g/mol. The zero-order valence-electron chi connectivity index (χ0n) is 10.4. The Morgan fingerprint density at radius 3 is 2.32 bits per heavy atom. The highest BCUT2D eigenvalue weighted by atomic mass is 32.2. The first-order valence-corrected chi connectivity index (χ1v) is 7.01. The van der Waals surface area contributed by atoms with Crippen LogP contribution in [-0.4, -0.2) is 9.55 Å². The standard InChI is InChI=1S/C16H14N2S/c1-3-7-14(8-4-1)13-18-12-11-17-16(18)19-15-9-5-2-6-10-15/h1-12H,13H2. The molecule has 0 unspecified atom stereocenters. The van der Waals surface area contributed by atoms with Crippen molar-refractivity contribution in [3.8, 4) is 0 Å². The number of hydrogen-bond donors (Lipinski definition) is 0. The van der Waals surface area contributed by atoms with E-state index in [9.17, 15) is 0 Å². The minimum Gasteiger partial charge on any atom is -0.321 e. The maximum absolute atomic E-state index is 4.43. The molecule has 3 rings (SSSR count). The van der Waals surface area contributed by atoms with Gasteiger partial charge in [-0.2, -0.15) is 0 Å². The van der Waals surface area contributed by atoms with E-state index < -0.39 is 0 Å². The predicted molar refractivity (Wildman–Crippen MR) is 78.3 cm³/mol. The average molecular weight is 266 g/mol. The fourth-order valence-corrected chi connectivity index (χ4v) is 2.76. The summed E-state index contributed by atoms with van der Waals surface area (Å²) in [7, 11) is 0. The molecule has 0 saturated carbocycles. The first kappa shape index (κ1) is 12.1. The molecule has 0 saturated heterocycles. The van der Waals surface area contributed by atoms with Crippen molar-refractivity contribution in [2.45, 2.75) is 16.6 Å². The lowest BCUT2D eigenvalue weighted by Crippen LogP contribution is -1.99. The summed E-state index contributed by atoms with van der Waals surface area (Å²) in [4.78, 5) is 5.64. The largest absolute Gasteiger partial charge is 0.321 e. The lowest BCUT2D eigenvalue weighted by atomic mass is 10.2. The molecule has 0 bridgehead atoms. The highest BCUT2D eigenvalue weighted by molar-refractivity contribution is 7.99. The third kappa shape index (κ3) is 3.06. The Morgan fingerprint density at radius 2 is 1.58 bits per heavy atom. The normalized spacial score (nSPS) is 10.5. The highest BCUT2D eigenvalue weighted by Gasteiger charge is 2.05. The van der Waals surface area contributed by atoms with Crippen molar-refractivity contribution in [3.05, 3.63) is 78.6 Å². The van der Waals surface area contributed by atoms with Crippen molar-refractivity contribution in [2.24, 2.45) is 0 Å². The topological polar surface area (TPSA) is 17.8 Å². The SMILES string of the molecule is c1ccc(Cn2ccnc2Sc2ccccc2)cc1. The molecule has 0 aliphatic rings. The van der Waals surface area contributed by atoms with E-state index in [4.69, 9.17) is 0 Å². The fourth-order valence-electron chi connectivity index (χ4n) is 1.89. The van der Waals surface area contributed by atoms with Gasteiger partial charge in [0.05, 0.1) is 0 Å². The number of nitrogens with zero attached hydrogens (tertiary/aromatic N) is 2. The van der Waals surface area contributed by atoms with Crippen LogP contribution in [0.2, 0.25) is 0 Å². The zero-order chi connectivity index (χ0) is 12.9. The molecule has 0 spiro atoms. The van der Waals surface area contributed by atoms with Crippen LogP contribution in [0.15, 0.2) is 83.1 Å². The quantitative estimate of drug-likeness (QED) is 0.708. The molecule has 2 nitrogen and oxygen atoms in total. The van der Waals surface area contributed by atoms with E-state index >= 15 is 0 Å². The maximum Gasteiger partial charge on any atom is 0.173 e. The predicted octanol–water partition coefficient (Wildman–Crippen LogP) is 4.08. The molecule has 3 heteroatoms. The van der Waals surface area contributed by atoms with Crippen LogP contribution in [0.5, 0.6) is 0 Å². The van der Waals surface area contributed by atoms with Gasteiger partial charge in [0, 0.05) is 23.8 Å². The molecule has 94 valence electrons. The molecule has 3 aromatic rings. The van der Waals surface area contributed by atoms with Crippen LogP contribution in [0, 0.1) is 0 Å². The van der Waals surface area contributed by atoms with Gasteiger partial charge in [0.15, 0.2) is 5.16 Å². The van der Waals surface area contributed by atoms with Crippen molar-refractivity contribution in [3.63, 3.8) is 0 Å². The van der Waals surface area contributed by atoms with Crippen LogP contribution in [0.4, 0.5) is 0 Å². The van der Waals surface area contributed by atoms with Crippen LogP contribution in [0.1, 0.15) is 5.56 Å². The molecule has 19 heavy (non-hydrogen) atoms. The van der Waals surface area contributed by atoms with Crippen molar-refractivity contribution < 1.29 is 0 Å². The molecular formula is C16H14N2S. The summed E-state index contributed by atoms with van der Waals surface area (Å²) < 4.78 is 2.17. The number of rotatable bonds is 4. The fraction of sp³-hybridized carbons (Fsp3) is 0.0625. The van der Waals surface area contributed by atoms with Gasteiger partial charge in [-0.3, -0.25) is 0 Å². The van der Waals surface area contributed by atoms with Crippen LogP contribution in [-0.2, 0) is 6.54 Å². The van der Waals surface area contributed by atoms with Gasteiger partial charge in [-0.05, 0) is 17.7 Å². The zero-order valence-corrected chi connectivity index (χ0v) is 11.3. The van der Waals surface area contributed by atoms with E-state index in [1.54, 1.807) is 11.8 Å². The van der Waals surface area contributed by atoms with Crippen LogP contribution in [0.3, 0.4) is 0 Å². The molecule has 0 amide bonds. The molecule has 0 fully saturated rings. The molecule has 0 aliphatic heterocycles. The minimum atomic E-state index is 0.857. The molecule has 0 radical (unpaired) electrons. The smallest absolute Gasteiger partial charge is 0.173 e. The first-order valence-electron chi connectivity index (χ1n) is 6.20. The monoisotopic (exact) mass is 266 g/mol. The Labute approximate surface area is 117 Å². The summed E-state index contributed by atoms with van der Waals surface area (Å²) in [5.74, 6) is 0. The van der Waals surface area contributed by atoms with Gasteiger partial charge in [0.25, 0.3) is 0 Å². The van der Waals surface area contributed by atoms with Crippen LogP contribution >= 0.6 is 11.8 Å². The molecule has 1 aromatic heterocycles. The van der Waals surface area contributed by atoms with Crippen LogP contribution < -0.4 is 0 Å². The van der Waals surface area contributed by atoms with E-state index in [0.717, 1.165) is 11.7 Å². The number of benzene rings is 2. The third-order valence-electron chi connectivity index (χ3n) is 2.83. The summed E-state index contributed by atoms with van der Waals surface area (Å²) in [6.45, 7) is 0.857. The Morgan fingerprint density at radius 1 is 0.895 bits per heavy atom. The molecule has 0 aliphatic carbocycles. The summed E-state index contributed by atoms with van der Waals surface area (Å²) >= 11 is 1.69. The third-order valence-corrected chi connectivity index (χ3v) is 3.86. The van der Waals surface area contributed by atoms with Gasteiger partial charge in [-0.1, -0.05) is 60.3 Å². The number of aromatic nitrogens is 2. The lowest BCUT2D eigenvalue weighted by molar-refractivity contribution is 0.709. The van der Waals surface area contributed by atoms with E-state index in [1.807, 2.05) is 36.7 Å². The molecule has 0 atom stereocenters. The summed E-state index contributed by atoms with van der Waals surface area (Å²) in [5, 5.41) is 1.02. The van der Waals surface area contributed by atoms with Gasteiger partial charge >= 0.3 is 0 Å². The number of hydrogen-bond acceptors (Lipinski definition) is 2. The van der Waals surface area contributed by atoms with Crippen molar-refractivity contribution in [1.29, 1.82) is 0 Å². The summed E-state index contributed by atoms with van der Waals surface area (Å²) in [5.41, 5.74) is 1.29. The minimum absolute atomic E-state index is 0.857. The van der Waals surface area contributed by atoms with E-state index in [0.29, 0.717) is 0 Å². The van der Waals surface area contributed by atoms with Gasteiger partial charge in [-0.15, -0.1) is 0 Å². The second-order valence-corrected chi connectivity index (χ2v) is 5.28. The van der Waals surface area contributed by atoms with Gasteiger partial charge in [0.1, 0.15) is 0 Å². The second kappa shape index (κ2) is 5.76. The first-order chi connectivity index (χ1) is 9.42. The summed E-state index contributed by atoms with van der Waals surface area (Å²) in [6, 6.07) is 20.8. The Kier molecular flexibility index (Phi) is 3.65. The van der Waals surface area contributed by atoms with Gasteiger partial charge in [0.2, 0.25) is 0 Å². The molecule has 2 aromatic carbocycles.